The van der Waals surface area contributed by atoms with E-state index in [4.69, 9.17) is 0 Å². The quantitative estimate of drug-likeness (QED) is 0.0861. The molecule has 2 nitrogen and oxygen atoms in total. The van der Waals surface area contributed by atoms with Crippen molar-refractivity contribution in [2.24, 2.45) is 5.41 Å². The fraction of sp³-hybridized carbons (Fsp3) is 0.341. The van der Waals surface area contributed by atoms with Crippen LogP contribution in [0.1, 0.15) is 82.8 Å². The number of unbranched alkanes of at least 4 members (excludes halogenated alkanes) is 7. The van der Waals surface area contributed by atoms with Crippen molar-refractivity contribution < 1.29 is 0 Å². The fourth-order valence-corrected chi connectivity index (χ4v) is 7.24. The van der Waals surface area contributed by atoms with E-state index in [1.54, 1.807) is 0 Å². The van der Waals surface area contributed by atoms with Gasteiger partial charge >= 0.3 is 0 Å². The van der Waals surface area contributed by atoms with Crippen molar-refractivity contribution >= 4 is 43.1 Å². The fourth-order valence-electron chi connectivity index (χ4n) is 7.24. The lowest BCUT2D eigenvalue weighted by Crippen LogP contribution is -2.24. The molecule has 0 aliphatic heterocycles. The Morgan fingerprint density at radius 2 is 0.848 bits per heavy atom. The van der Waals surface area contributed by atoms with Crippen molar-refractivity contribution in [3.63, 3.8) is 0 Å². The molecule has 0 aromatic heterocycles. The van der Waals surface area contributed by atoms with Crippen molar-refractivity contribution in [1.82, 2.24) is 4.90 Å². The Kier molecular flexibility index (Phi) is 10.3. The van der Waals surface area contributed by atoms with Crippen LogP contribution in [-0.2, 0) is 13.1 Å². The van der Waals surface area contributed by atoms with E-state index in [1.165, 1.54) is 106 Å². The first-order valence-electron chi connectivity index (χ1n) is 17.4. The van der Waals surface area contributed by atoms with Crippen LogP contribution < -0.4 is 0 Å². The summed E-state index contributed by atoms with van der Waals surface area (Å²) in [5.41, 5.74) is 2.71. The second kappa shape index (κ2) is 14.9. The zero-order valence-electron chi connectivity index (χ0n) is 27.8. The highest BCUT2D eigenvalue weighted by molar-refractivity contribution is 6.03. The van der Waals surface area contributed by atoms with E-state index in [9.17, 15) is 5.26 Å². The van der Waals surface area contributed by atoms with E-state index in [-0.39, 0.29) is 5.41 Å². The van der Waals surface area contributed by atoms with Gasteiger partial charge in [0.25, 0.3) is 0 Å². The third-order valence-corrected chi connectivity index (χ3v) is 9.86. The summed E-state index contributed by atoms with van der Waals surface area (Å²) in [4.78, 5) is 2.72. The Hall–Kier alpha value is -4.19. The molecule has 0 atom stereocenters. The molecule has 0 amide bonds. The van der Waals surface area contributed by atoms with Gasteiger partial charge in [-0.1, -0.05) is 142 Å². The van der Waals surface area contributed by atoms with Crippen LogP contribution >= 0.6 is 0 Å². The summed E-state index contributed by atoms with van der Waals surface area (Å²) in [6.07, 6.45) is 11.1. The lowest BCUT2D eigenvalue weighted by atomic mass is 9.88. The number of nitriles is 1. The molecule has 234 valence electrons. The van der Waals surface area contributed by atoms with E-state index < -0.39 is 0 Å². The Morgan fingerprint density at radius 1 is 0.500 bits per heavy atom. The van der Waals surface area contributed by atoms with E-state index >= 15 is 0 Å². The second-order valence-electron chi connectivity index (χ2n) is 13.9. The van der Waals surface area contributed by atoms with Gasteiger partial charge in [-0.25, -0.2) is 0 Å². The van der Waals surface area contributed by atoms with Crippen molar-refractivity contribution in [2.45, 2.75) is 84.7 Å². The molecule has 6 aromatic rings. The summed E-state index contributed by atoms with van der Waals surface area (Å²) in [5, 5.41) is 20.0. The molecule has 0 bridgehead atoms. The highest BCUT2D eigenvalue weighted by Crippen LogP contribution is 2.33. The number of benzene rings is 6. The normalized spacial score (nSPS) is 12.0. The van der Waals surface area contributed by atoms with Gasteiger partial charge < -0.3 is 0 Å². The summed E-state index contributed by atoms with van der Waals surface area (Å²) in [7, 11) is 0. The summed E-state index contributed by atoms with van der Waals surface area (Å²) >= 11 is 0. The monoisotopic (exact) mass is 604 g/mol. The van der Waals surface area contributed by atoms with Crippen LogP contribution in [0, 0.1) is 16.7 Å². The second-order valence-corrected chi connectivity index (χ2v) is 13.9. The molecule has 0 aliphatic carbocycles. The average Bonchev–Trinajstić information content (AvgIpc) is 3.08. The zero-order valence-corrected chi connectivity index (χ0v) is 27.8. The van der Waals surface area contributed by atoms with Gasteiger partial charge in [0.2, 0.25) is 0 Å². The van der Waals surface area contributed by atoms with Gasteiger partial charge in [0.1, 0.15) is 0 Å². The molecule has 0 radical (unpaired) electrons. The number of rotatable bonds is 15. The zero-order chi connectivity index (χ0) is 31.8. The maximum atomic E-state index is 9.25. The minimum Gasteiger partial charge on any atom is -0.295 e. The molecule has 2 heteroatoms. The molecule has 46 heavy (non-hydrogen) atoms. The molecule has 0 heterocycles. The van der Waals surface area contributed by atoms with Crippen molar-refractivity contribution in [3.05, 3.63) is 120 Å². The Labute approximate surface area is 275 Å². The van der Waals surface area contributed by atoms with Gasteiger partial charge in [-0.05, 0) is 99.6 Å². The number of hydrogen-bond donors (Lipinski definition) is 0. The molecule has 0 N–H and O–H groups in total. The molecule has 0 saturated carbocycles. The lowest BCUT2D eigenvalue weighted by Gasteiger charge is -2.26. The SMILES string of the molecule is CC(C)(C#N)CCCCCCCCCCN(Cc1c2ccccc2cc2ccccc12)Cc1c2ccccc2cc2ccccc12. The number of nitrogens with zero attached hydrogens (tertiary/aromatic N) is 2. The third kappa shape index (κ3) is 7.60. The average molecular weight is 605 g/mol. The van der Waals surface area contributed by atoms with E-state index in [0.29, 0.717) is 0 Å². The standard InChI is InChI=1S/C44H48N2/c1-44(2,33-45)27-17-7-5-3-4-6-8-18-28-46(31-42-38-23-13-9-19-34(38)29-35-20-10-14-24-39(35)42)32-43-40-25-15-11-21-36(40)30-37-22-12-16-26-41(37)43/h9-16,19-26,29-30H,3-8,17-18,27-28,31-32H2,1-2H3. The molecular weight excluding hydrogens is 556 g/mol. The number of hydrogen-bond acceptors (Lipinski definition) is 2. The van der Waals surface area contributed by atoms with Crippen molar-refractivity contribution in [3.8, 4) is 6.07 Å². The highest BCUT2D eigenvalue weighted by atomic mass is 15.1. The molecule has 6 rings (SSSR count). The first kappa shape index (κ1) is 31.8. The minimum atomic E-state index is -0.178. The van der Waals surface area contributed by atoms with Crippen LogP contribution in [0.4, 0.5) is 0 Å². The minimum absolute atomic E-state index is 0.178. The molecule has 0 unspecified atom stereocenters. The molecule has 6 aromatic carbocycles. The first-order valence-corrected chi connectivity index (χ1v) is 17.4. The largest absolute Gasteiger partial charge is 0.295 e. The van der Waals surface area contributed by atoms with Crippen LogP contribution in [0.3, 0.4) is 0 Å². The van der Waals surface area contributed by atoms with Crippen LogP contribution in [-0.4, -0.2) is 11.4 Å². The summed E-state index contributed by atoms with van der Waals surface area (Å²) in [5.74, 6) is 0. The predicted molar refractivity (Wildman–Crippen MR) is 198 cm³/mol. The van der Waals surface area contributed by atoms with Crippen molar-refractivity contribution in [1.29, 1.82) is 5.26 Å². The van der Waals surface area contributed by atoms with E-state index in [0.717, 1.165) is 26.1 Å². The van der Waals surface area contributed by atoms with E-state index in [1.807, 2.05) is 0 Å². The van der Waals surface area contributed by atoms with Crippen LogP contribution in [0.2, 0.25) is 0 Å². The summed E-state index contributed by atoms with van der Waals surface area (Å²) < 4.78 is 0. The molecular formula is C44H48N2. The van der Waals surface area contributed by atoms with Crippen LogP contribution in [0.5, 0.6) is 0 Å². The molecule has 0 aliphatic rings. The Balaban J connectivity index is 1.21. The van der Waals surface area contributed by atoms with Gasteiger partial charge in [0, 0.05) is 13.1 Å². The Bertz CT molecular complexity index is 1730. The van der Waals surface area contributed by atoms with Gasteiger partial charge in [-0.2, -0.15) is 5.26 Å². The topological polar surface area (TPSA) is 27.0 Å². The predicted octanol–water partition coefficient (Wildman–Crippen LogP) is 12.4. The van der Waals surface area contributed by atoms with Crippen molar-refractivity contribution in [2.75, 3.05) is 6.54 Å². The van der Waals surface area contributed by atoms with E-state index in [2.05, 4.69) is 134 Å². The molecule has 0 saturated heterocycles. The Morgan fingerprint density at radius 3 is 1.24 bits per heavy atom. The highest BCUT2D eigenvalue weighted by Gasteiger charge is 2.17. The van der Waals surface area contributed by atoms with Crippen LogP contribution in [0.25, 0.3) is 43.1 Å². The smallest absolute Gasteiger partial charge is 0.0683 e. The first-order chi connectivity index (χ1) is 22.5. The third-order valence-electron chi connectivity index (χ3n) is 9.86. The lowest BCUT2D eigenvalue weighted by molar-refractivity contribution is 0.253. The number of fused-ring (bicyclic) bond motifs is 4. The van der Waals surface area contributed by atoms with Crippen LogP contribution in [0.15, 0.2) is 109 Å². The summed E-state index contributed by atoms with van der Waals surface area (Å²) in [6, 6.07) is 42.8. The van der Waals surface area contributed by atoms with Gasteiger partial charge in [0.15, 0.2) is 0 Å². The summed E-state index contributed by atoms with van der Waals surface area (Å²) in [6.45, 7) is 7.05. The van der Waals surface area contributed by atoms with Gasteiger partial charge in [-0.3, -0.25) is 4.90 Å². The maximum Gasteiger partial charge on any atom is 0.0683 e. The van der Waals surface area contributed by atoms with Gasteiger partial charge in [0.05, 0.1) is 11.5 Å². The molecule has 0 spiro atoms. The molecule has 0 fully saturated rings. The van der Waals surface area contributed by atoms with Gasteiger partial charge in [-0.15, -0.1) is 0 Å². The maximum absolute atomic E-state index is 9.25.